The Labute approximate surface area is 240 Å². The highest BCUT2D eigenvalue weighted by Gasteiger charge is 2.61. The van der Waals surface area contributed by atoms with Gasteiger partial charge in [-0.3, -0.25) is 9.59 Å². The van der Waals surface area contributed by atoms with Gasteiger partial charge >= 0.3 is 12.1 Å². The highest BCUT2D eigenvalue weighted by atomic mass is 16.6. The molecular formula is C31H39N3O7. The normalized spacial score (nSPS) is 24.4. The van der Waals surface area contributed by atoms with Crippen LogP contribution in [0.15, 0.2) is 55.1 Å². The molecule has 220 valence electrons. The number of nitrogens with one attached hydrogen (secondary N) is 2. The zero-order chi connectivity index (χ0) is 30.1. The SMILES string of the molecule is C=C[C@H]1C[C@]1(NC(=O)[C@@H]1C[C@@H](Oc2cccc3ccccc23)CN1C(=O)[C@@H](NC(=O)OC(C)(C)C)C(C)C)C(=O)O. The Morgan fingerprint density at radius 2 is 1.80 bits per heavy atom. The Kier molecular flexibility index (Phi) is 8.33. The monoisotopic (exact) mass is 565 g/mol. The van der Waals surface area contributed by atoms with E-state index in [1.165, 1.54) is 11.0 Å². The molecule has 1 saturated carbocycles. The van der Waals surface area contributed by atoms with Gasteiger partial charge in [-0.15, -0.1) is 6.58 Å². The summed E-state index contributed by atoms with van der Waals surface area (Å²) in [4.78, 5) is 53.6. The standard InChI is InChI=1S/C31H39N3O7/c1-7-20-16-31(20,28(37)38)33-26(35)23-15-21(40-24-14-10-12-19-11-8-9-13-22(19)24)17-34(23)27(36)25(18(2)3)32-29(39)41-30(4,5)6/h7-14,18,20-21,23,25H,1,15-17H2,2-6H3,(H,32,39)(H,33,35)(H,37,38)/t20-,21+,23-,25-,31+/m0/s1. The van der Waals surface area contributed by atoms with Crippen molar-refractivity contribution in [2.45, 2.75) is 76.8 Å². The van der Waals surface area contributed by atoms with Crippen LogP contribution < -0.4 is 15.4 Å². The zero-order valence-corrected chi connectivity index (χ0v) is 24.2. The number of benzene rings is 2. The molecule has 10 nitrogen and oxygen atoms in total. The first-order valence-corrected chi connectivity index (χ1v) is 13.9. The zero-order valence-electron chi connectivity index (χ0n) is 24.2. The number of likely N-dealkylation sites (tertiary alicyclic amines) is 1. The summed E-state index contributed by atoms with van der Waals surface area (Å²) in [6.45, 7) is 12.5. The van der Waals surface area contributed by atoms with Gasteiger partial charge in [-0.25, -0.2) is 9.59 Å². The molecule has 1 aliphatic carbocycles. The molecule has 10 heteroatoms. The predicted molar refractivity (Wildman–Crippen MR) is 153 cm³/mol. The van der Waals surface area contributed by atoms with Crippen molar-refractivity contribution in [3.63, 3.8) is 0 Å². The lowest BCUT2D eigenvalue weighted by Crippen LogP contribution is -2.57. The molecule has 3 amide bonds. The van der Waals surface area contributed by atoms with E-state index in [2.05, 4.69) is 17.2 Å². The van der Waals surface area contributed by atoms with Crippen LogP contribution in [0.3, 0.4) is 0 Å². The van der Waals surface area contributed by atoms with E-state index in [4.69, 9.17) is 9.47 Å². The van der Waals surface area contributed by atoms with Crippen molar-refractivity contribution in [1.82, 2.24) is 15.5 Å². The molecule has 0 radical (unpaired) electrons. The molecule has 1 aliphatic heterocycles. The third-order valence-electron chi connectivity index (χ3n) is 7.52. The van der Waals surface area contributed by atoms with Crippen molar-refractivity contribution in [1.29, 1.82) is 0 Å². The smallest absolute Gasteiger partial charge is 0.408 e. The molecule has 4 rings (SSSR count). The molecule has 1 heterocycles. The van der Waals surface area contributed by atoms with Crippen molar-refractivity contribution < 1.29 is 33.8 Å². The second kappa shape index (κ2) is 11.4. The minimum atomic E-state index is -1.45. The van der Waals surface area contributed by atoms with Crippen molar-refractivity contribution in [2.75, 3.05) is 6.54 Å². The van der Waals surface area contributed by atoms with Crippen LogP contribution in [0.25, 0.3) is 10.8 Å². The number of aliphatic carboxylic acids is 1. The van der Waals surface area contributed by atoms with E-state index < -0.39 is 59.1 Å². The first-order valence-electron chi connectivity index (χ1n) is 13.9. The summed E-state index contributed by atoms with van der Waals surface area (Å²) in [7, 11) is 0. The van der Waals surface area contributed by atoms with Crippen molar-refractivity contribution in [3.05, 3.63) is 55.1 Å². The van der Waals surface area contributed by atoms with E-state index in [1.807, 2.05) is 42.5 Å². The number of ether oxygens (including phenoxy) is 2. The highest BCUT2D eigenvalue weighted by Crippen LogP contribution is 2.45. The van der Waals surface area contributed by atoms with Crippen LogP contribution in [0.1, 0.15) is 47.5 Å². The summed E-state index contributed by atoms with van der Waals surface area (Å²) in [6, 6.07) is 11.4. The van der Waals surface area contributed by atoms with Crippen LogP contribution in [-0.4, -0.2) is 69.8 Å². The van der Waals surface area contributed by atoms with Crippen LogP contribution >= 0.6 is 0 Å². The first-order chi connectivity index (χ1) is 19.3. The maximum atomic E-state index is 13.9. The Hall–Kier alpha value is -4.08. The Morgan fingerprint density at radius 3 is 2.41 bits per heavy atom. The molecule has 0 spiro atoms. The van der Waals surface area contributed by atoms with Gasteiger partial charge in [0.05, 0.1) is 6.54 Å². The molecule has 2 aromatic rings. The molecule has 2 fully saturated rings. The third kappa shape index (κ3) is 6.47. The minimum Gasteiger partial charge on any atom is -0.488 e. The summed E-state index contributed by atoms with van der Waals surface area (Å²) in [5.41, 5.74) is -2.21. The van der Waals surface area contributed by atoms with Crippen molar-refractivity contribution in [3.8, 4) is 5.75 Å². The van der Waals surface area contributed by atoms with E-state index in [0.29, 0.717) is 5.75 Å². The molecular weight excluding hydrogens is 526 g/mol. The fourth-order valence-electron chi connectivity index (χ4n) is 5.30. The topological polar surface area (TPSA) is 134 Å². The van der Waals surface area contributed by atoms with Gasteiger partial charge in [0.2, 0.25) is 11.8 Å². The van der Waals surface area contributed by atoms with E-state index in [0.717, 1.165) is 10.8 Å². The highest BCUT2D eigenvalue weighted by molar-refractivity contribution is 5.96. The van der Waals surface area contributed by atoms with Gasteiger partial charge in [0, 0.05) is 17.7 Å². The number of nitrogens with zero attached hydrogens (tertiary/aromatic N) is 1. The maximum absolute atomic E-state index is 13.9. The third-order valence-corrected chi connectivity index (χ3v) is 7.52. The van der Waals surface area contributed by atoms with Gasteiger partial charge < -0.3 is 30.1 Å². The summed E-state index contributed by atoms with van der Waals surface area (Å²) in [6.07, 6.45) is 0.586. The van der Waals surface area contributed by atoms with Crippen LogP contribution in [-0.2, 0) is 19.1 Å². The summed E-state index contributed by atoms with van der Waals surface area (Å²) < 4.78 is 11.7. The number of hydrogen-bond acceptors (Lipinski definition) is 6. The lowest BCUT2D eigenvalue weighted by atomic mass is 10.0. The van der Waals surface area contributed by atoms with Crippen LogP contribution in [0.2, 0.25) is 0 Å². The molecule has 2 aliphatic rings. The molecule has 0 bridgehead atoms. The van der Waals surface area contributed by atoms with Gasteiger partial charge in [0.15, 0.2) is 0 Å². The lowest BCUT2D eigenvalue weighted by Gasteiger charge is -2.31. The Morgan fingerprint density at radius 1 is 1.12 bits per heavy atom. The Bertz CT molecular complexity index is 1350. The van der Waals surface area contributed by atoms with Gasteiger partial charge in [0.1, 0.15) is 35.1 Å². The van der Waals surface area contributed by atoms with Crippen molar-refractivity contribution >= 4 is 34.6 Å². The molecule has 0 aromatic heterocycles. The summed E-state index contributed by atoms with van der Waals surface area (Å²) in [5.74, 6) is -2.33. The van der Waals surface area contributed by atoms with E-state index in [-0.39, 0.29) is 25.3 Å². The number of carboxylic acid groups (broad SMARTS) is 1. The minimum absolute atomic E-state index is 0.0737. The van der Waals surface area contributed by atoms with Crippen molar-refractivity contribution in [2.24, 2.45) is 11.8 Å². The first kappa shape index (κ1) is 29.9. The number of carboxylic acids is 1. The summed E-state index contributed by atoms with van der Waals surface area (Å²) in [5, 5.41) is 17.1. The molecule has 41 heavy (non-hydrogen) atoms. The number of alkyl carbamates (subject to hydrolysis) is 1. The Balaban J connectivity index is 1.61. The number of hydrogen-bond donors (Lipinski definition) is 3. The fourth-order valence-corrected chi connectivity index (χ4v) is 5.30. The molecule has 1 saturated heterocycles. The second-order valence-electron chi connectivity index (χ2n) is 12.1. The van der Waals surface area contributed by atoms with Gasteiger partial charge in [-0.05, 0) is 44.6 Å². The van der Waals surface area contributed by atoms with E-state index >= 15 is 0 Å². The number of rotatable bonds is 9. The average molecular weight is 566 g/mol. The number of fused-ring (bicyclic) bond motifs is 1. The second-order valence-corrected chi connectivity index (χ2v) is 12.1. The fraction of sp³-hybridized carbons (Fsp3) is 0.484. The lowest BCUT2D eigenvalue weighted by molar-refractivity contribution is -0.146. The van der Waals surface area contributed by atoms with Crippen LogP contribution in [0, 0.1) is 11.8 Å². The number of carbonyl (C=O) groups is 4. The number of carbonyl (C=O) groups excluding carboxylic acids is 3. The molecule has 2 aromatic carbocycles. The predicted octanol–water partition coefficient (Wildman–Crippen LogP) is 3.88. The molecule has 0 unspecified atom stereocenters. The number of amides is 3. The molecule has 3 N–H and O–H groups in total. The van der Waals surface area contributed by atoms with Gasteiger partial charge in [-0.2, -0.15) is 0 Å². The van der Waals surface area contributed by atoms with Gasteiger partial charge in [0.25, 0.3) is 0 Å². The quantitative estimate of drug-likeness (QED) is 0.393. The summed E-state index contributed by atoms with van der Waals surface area (Å²) >= 11 is 0. The van der Waals surface area contributed by atoms with E-state index in [9.17, 15) is 24.3 Å². The van der Waals surface area contributed by atoms with Gasteiger partial charge in [-0.1, -0.05) is 56.3 Å². The maximum Gasteiger partial charge on any atom is 0.408 e. The largest absolute Gasteiger partial charge is 0.488 e. The van der Waals surface area contributed by atoms with Crippen LogP contribution in [0.4, 0.5) is 4.79 Å². The molecule has 5 atom stereocenters. The van der Waals surface area contributed by atoms with Crippen LogP contribution in [0.5, 0.6) is 5.75 Å². The average Bonchev–Trinajstić information content (AvgIpc) is 3.46. The van der Waals surface area contributed by atoms with E-state index in [1.54, 1.807) is 34.6 Å².